The summed E-state index contributed by atoms with van der Waals surface area (Å²) < 4.78 is 0. The molecule has 2 aromatic rings. The summed E-state index contributed by atoms with van der Waals surface area (Å²) in [5, 5.41) is 5.79. The van der Waals surface area contributed by atoms with Crippen LogP contribution in [0.3, 0.4) is 0 Å². The second-order valence-electron chi connectivity index (χ2n) is 6.38. The molecule has 4 nitrogen and oxygen atoms in total. The van der Waals surface area contributed by atoms with E-state index in [1.54, 1.807) is 0 Å². The molecule has 1 aromatic heterocycles. The minimum atomic E-state index is 0.576. The van der Waals surface area contributed by atoms with Crippen LogP contribution in [0.1, 0.15) is 18.5 Å². The second kappa shape index (κ2) is 6.13. The number of nitrogens with one attached hydrogen (secondary N) is 1. The first-order chi connectivity index (χ1) is 10.6. The first-order valence-electron chi connectivity index (χ1n) is 8.09. The number of hydrogen-bond acceptors (Lipinski definition) is 4. The lowest BCUT2D eigenvalue weighted by Gasteiger charge is -2.36. The number of benzene rings is 1. The van der Waals surface area contributed by atoms with Crippen LogP contribution in [0.5, 0.6) is 0 Å². The van der Waals surface area contributed by atoms with Gasteiger partial charge in [-0.3, -0.25) is 0 Å². The van der Waals surface area contributed by atoms with E-state index in [0.717, 1.165) is 11.5 Å². The van der Waals surface area contributed by atoms with E-state index in [4.69, 9.17) is 4.98 Å². The molecule has 1 fully saturated rings. The number of anilines is 2. The fraction of sp³-hybridized carbons (Fsp3) is 0.500. The van der Waals surface area contributed by atoms with E-state index in [1.807, 2.05) is 7.05 Å². The number of fused-ring (bicyclic) bond motifs is 1. The third-order valence-electron chi connectivity index (χ3n) is 4.82. The largest absolute Gasteiger partial charge is 0.388 e. The summed E-state index contributed by atoms with van der Waals surface area (Å²) in [5.74, 6) is 1.11. The Bertz CT molecular complexity index is 659. The summed E-state index contributed by atoms with van der Waals surface area (Å²) in [4.78, 5) is 9.65. The van der Waals surface area contributed by atoms with Crippen molar-refractivity contribution in [3.63, 3.8) is 0 Å². The van der Waals surface area contributed by atoms with E-state index in [9.17, 15) is 0 Å². The SMILES string of the molecule is CNc1cccc2c(N(C)C3CCN(C)CC3)nc(C)cc12. The highest BCUT2D eigenvalue weighted by Crippen LogP contribution is 2.32. The lowest BCUT2D eigenvalue weighted by atomic mass is 10.0. The van der Waals surface area contributed by atoms with E-state index in [1.165, 1.54) is 42.4 Å². The Balaban J connectivity index is 2.02. The van der Waals surface area contributed by atoms with E-state index in [2.05, 4.69) is 60.4 Å². The predicted octanol–water partition coefficient (Wildman–Crippen LogP) is 3.12. The number of hydrogen-bond donors (Lipinski definition) is 1. The van der Waals surface area contributed by atoms with Crippen molar-refractivity contribution in [2.24, 2.45) is 0 Å². The van der Waals surface area contributed by atoms with E-state index in [0.29, 0.717) is 6.04 Å². The second-order valence-corrected chi connectivity index (χ2v) is 6.38. The standard InChI is InChI=1S/C18H26N4/c1-13-12-16-15(6-5-7-17(16)19-2)18(20-13)22(4)14-8-10-21(3)11-9-14/h5-7,12,14,19H,8-11H2,1-4H3. The van der Waals surface area contributed by atoms with Gasteiger partial charge in [-0.2, -0.15) is 0 Å². The highest BCUT2D eigenvalue weighted by atomic mass is 15.2. The van der Waals surface area contributed by atoms with Crippen molar-refractivity contribution in [1.82, 2.24) is 9.88 Å². The molecule has 0 spiro atoms. The Hall–Kier alpha value is -1.81. The Morgan fingerprint density at radius 1 is 1.23 bits per heavy atom. The predicted molar refractivity (Wildman–Crippen MR) is 94.9 cm³/mol. The minimum absolute atomic E-state index is 0.576. The molecule has 1 saturated heterocycles. The molecule has 0 atom stereocenters. The van der Waals surface area contributed by atoms with Gasteiger partial charge in [-0.15, -0.1) is 0 Å². The van der Waals surface area contributed by atoms with Gasteiger partial charge in [0, 0.05) is 42.3 Å². The van der Waals surface area contributed by atoms with Crippen molar-refractivity contribution in [2.75, 3.05) is 44.4 Å². The monoisotopic (exact) mass is 298 g/mol. The minimum Gasteiger partial charge on any atom is -0.388 e. The van der Waals surface area contributed by atoms with Crippen LogP contribution in [0.25, 0.3) is 10.8 Å². The first-order valence-corrected chi connectivity index (χ1v) is 8.09. The molecule has 0 bridgehead atoms. The Morgan fingerprint density at radius 3 is 2.64 bits per heavy atom. The third-order valence-corrected chi connectivity index (χ3v) is 4.82. The van der Waals surface area contributed by atoms with Gasteiger partial charge in [-0.05, 0) is 52.0 Å². The number of piperidine rings is 1. The molecule has 1 aromatic carbocycles. The molecular weight excluding hydrogens is 272 g/mol. The lowest BCUT2D eigenvalue weighted by Crippen LogP contribution is -2.42. The zero-order chi connectivity index (χ0) is 15.7. The van der Waals surface area contributed by atoms with Crippen molar-refractivity contribution in [1.29, 1.82) is 0 Å². The molecule has 0 amide bonds. The summed E-state index contributed by atoms with van der Waals surface area (Å²) in [6, 6.07) is 9.17. The van der Waals surface area contributed by atoms with Crippen LogP contribution in [0.4, 0.5) is 11.5 Å². The third kappa shape index (κ3) is 2.75. The fourth-order valence-corrected chi connectivity index (χ4v) is 3.43. The number of aromatic nitrogens is 1. The van der Waals surface area contributed by atoms with Crippen molar-refractivity contribution < 1.29 is 0 Å². The summed E-state index contributed by atoms with van der Waals surface area (Å²) in [6.45, 7) is 4.42. The molecule has 1 aliphatic heterocycles. The molecule has 0 unspecified atom stereocenters. The lowest BCUT2D eigenvalue weighted by molar-refractivity contribution is 0.252. The summed E-state index contributed by atoms with van der Waals surface area (Å²) >= 11 is 0. The van der Waals surface area contributed by atoms with Crippen molar-refractivity contribution >= 4 is 22.3 Å². The fourth-order valence-electron chi connectivity index (χ4n) is 3.43. The molecule has 1 N–H and O–H groups in total. The van der Waals surface area contributed by atoms with Gasteiger partial charge in [0.15, 0.2) is 0 Å². The molecule has 3 rings (SSSR count). The molecule has 0 saturated carbocycles. The molecule has 0 aliphatic carbocycles. The molecule has 118 valence electrons. The van der Waals surface area contributed by atoms with Crippen LogP contribution < -0.4 is 10.2 Å². The van der Waals surface area contributed by atoms with Gasteiger partial charge in [0.1, 0.15) is 5.82 Å². The highest BCUT2D eigenvalue weighted by Gasteiger charge is 2.23. The maximum absolute atomic E-state index is 4.86. The van der Waals surface area contributed by atoms with E-state index < -0.39 is 0 Å². The van der Waals surface area contributed by atoms with Gasteiger partial charge < -0.3 is 15.1 Å². The number of nitrogens with zero attached hydrogens (tertiary/aromatic N) is 3. The highest BCUT2D eigenvalue weighted by molar-refractivity contribution is 6.00. The van der Waals surface area contributed by atoms with Crippen molar-refractivity contribution in [2.45, 2.75) is 25.8 Å². The van der Waals surface area contributed by atoms with Gasteiger partial charge in [-0.1, -0.05) is 12.1 Å². The average molecular weight is 298 g/mol. The van der Waals surface area contributed by atoms with Gasteiger partial charge in [-0.25, -0.2) is 4.98 Å². The molecule has 4 heteroatoms. The van der Waals surface area contributed by atoms with Gasteiger partial charge >= 0.3 is 0 Å². The number of likely N-dealkylation sites (tertiary alicyclic amines) is 1. The normalized spacial score (nSPS) is 16.9. The van der Waals surface area contributed by atoms with Crippen LogP contribution in [0.15, 0.2) is 24.3 Å². The van der Waals surface area contributed by atoms with Crippen LogP contribution in [0.2, 0.25) is 0 Å². The number of rotatable bonds is 3. The Labute approximate surface area is 133 Å². The van der Waals surface area contributed by atoms with Gasteiger partial charge in [0.05, 0.1) is 0 Å². The summed E-state index contributed by atoms with van der Waals surface area (Å²) in [7, 11) is 6.38. The van der Waals surface area contributed by atoms with Crippen LogP contribution in [0, 0.1) is 6.92 Å². The quantitative estimate of drug-likeness (QED) is 0.943. The number of pyridine rings is 1. The zero-order valence-electron chi connectivity index (χ0n) is 14.1. The topological polar surface area (TPSA) is 31.4 Å². The van der Waals surface area contributed by atoms with Crippen LogP contribution in [-0.2, 0) is 0 Å². The Morgan fingerprint density at radius 2 is 1.95 bits per heavy atom. The van der Waals surface area contributed by atoms with E-state index in [-0.39, 0.29) is 0 Å². The maximum atomic E-state index is 4.86. The molecule has 22 heavy (non-hydrogen) atoms. The van der Waals surface area contributed by atoms with Gasteiger partial charge in [0.2, 0.25) is 0 Å². The van der Waals surface area contributed by atoms with E-state index >= 15 is 0 Å². The molecule has 1 aliphatic rings. The first kappa shape index (κ1) is 15.1. The molecule has 0 radical (unpaired) electrons. The van der Waals surface area contributed by atoms with Crippen LogP contribution in [-0.4, -0.2) is 50.2 Å². The maximum Gasteiger partial charge on any atom is 0.136 e. The van der Waals surface area contributed by atoms with Crippen molar-refractivity contribution in [3.8, 4) is 0 Å². The Kier molecular flexibility index (Phi) is 4.21. The van der Waals surface area contributed by atoms with Gasteiger partial charge in [0.25, 0.3) is 0 Å². The molecule has 2 heterocycles. The van der Waals surface area contributed by atoms with Crippen molar-refractivity contribution in [3.05, 3.63) is 30.0 Å². The smallest absolute Gasteiger partial charge is 0.136 e. The summed E-state index contributed by atoms with van der Waals surface area (Å²) in [6.07, 6.45) is 2.41. The number of aryl methyl sites for hydroxylation is 1. The van der Waals surface area contributed by atoms with Crippen LogP contribution >= 0.6 is 0 Å². The zero-order valence-corrected chi connectivity index (χ0v) is 14.1. The summed E-state index contributed by atoms with van der Waals surface area (Å²) in [5.41, 5.74) is 2.24. The molecular formula is C18H26N4. The average Bonchev–Trinajstić information content (AvgIpc) is 2.53.